The topological polar surface area (TPSA) is 139 Å². The third kappa shape index (κ3) is 3.65. The Bertz CT molecular complexity index is 1140. The van der Waals surface area contributed by atoms with E-state index in [1.54, 1.807) is 0 Å². The van der Waals surface area contributed by atoms with Gasteiger partial charge in [-0.1, -0.05) is 18.2 Å². The van der Waals surface area contributed by atoms with Crippen molar-refractivity contribution in [2.75, 3.05) is 10.6 Å². The number of nitro groups is 1. The van der Waals surface area contributed by atoms with Gasteiger partial charge < -0.3 is 30.2 Å². The number of nitrogens with zero attached hydrogens (tertiary/aromatic N) is 2. The van der Waals surface area contributed by atoms with Crippen LogP contribution in [0.25, 0.3) is 10.9 Å². The number of rotatable bonds is 5. The van der Waals surface area contributed by atoms with Gasteiger partial charge in [0.05, 0.1) is 16.3 Å². The van der Waals surface area contributed by atoms with Crippen molar-refractivity contribution in [1.29, 1.82) is 0 Å². The number of carbonyl (C=O) groups is 1. The van der Waals surface area contributed by atoms with Gasteiger partial charge in [0.2, 0.25) is 0 Å². The molecule has 156 valence electrons. The van der Waals surface area contributed by atoms with Gasteiger partial charge in [0.25, 0.3) is 5.69 Å². The molecule has 0 aliphatic carbocycles. The molecule has 0 saturated heterocycles. The van der Waals surface area contributed by atoms with E-state index in [1.807, 2.05) is 35.0 Å². The van der Waals surface area contributed by atoms with Crippen LogP contribution in [0.2, 0.25) is 0 Å². The first-order valence-corrected chi connectivity index (χ1v) is 9.24. The van der Waals surface area contributed by atoms with Crippen molar-refractivity contribution in [3.63, 3.8) is 0 Å². The zero-order chi connectivity index (χ0) is 21.4. The quantitative estimate of drug-likeness (QED) is 0.284. The maximum Gasteiger partial charge on any atom is 0.302 e. The third-order valence-electron chi connectivity index (χ3n) is 4.95. The molecule has 2 unspecified atom stereocenters. The number of anilines is 2. The van der Waals surface area contributed by atoms with E-state index in [2.05, 4.69) is 10.6 Å². The molecular weight excluding hydrogens is 392 g/mol. The number of benzene rings is 2. The first-order valence-electron chi connectivity index (χ1n) is 9.24. The molecule has 1 aromatic heterocycles. The first-order chi connectivity index (χ1) is 14.3. The van der Waals surface area contributed by atoms with Gasteiger partial charge in [-0.3, -0.25) is 14.9 Å². The summed E-state index contributed by atoms with van der Waals surface area (Å²) in [6.07, 6.45) is -0.728. The Hall–Kier alpha value is -3.63. The zero-order valence-electron chi connectivity index (χ0n) is 16.0. The minimum atomic E-state index is -1.30. The van der Waals surface area contributed by atoms with Gasteiger partial charge in [0, 0.05) is 53.8 Å². The van der Waals surface area contributed by atoms with Gasteiger partial charge in [-0.2, -0.15) is 0 Å². The molecule has 10 nitrogen and oxygen atoms in total. The number of non-ortho nitro benzene ring substituents is 1. The minimum absolute atomic E-state index is 0.112. The second-order valence-corrected chi connectivity index (χ2v) is 7.04. The monoisotopic (exact) mass is 412 g/mol. The highest BCUT2D eigenvalue weighted by Crippen LogP contribution is 2.36. The van der Waals surface area contributed by atoms with E-state index in [0.717, 1.165) is 16.5 Å². The molecular formula is C20H20N4O6. The number of esters is 1. The van der Waals surface area contributed by atoms with Gasteiger partial charge >= 0.3 is 5.97 Å². The Morgan fingerprint density at radius 3 is 2.67 bits per heavy atom. The molecule has 30 heavy (non-hydrogen) atoms. The number of nitrogens with one attached hydrogen (secondary N) is 2. The molecule has 4 N–H and O–H groups in total. The average Bonchev–Trinajstić information content (AvgIpc) is 3.05. The molecule has 1 aliphatic heterocycles. The highest BCUT2D eigenvalue weighted by Gasteiger charge is 2.28. The maximum atomic E-state index is 11.4. The van der Waals surface area contributed by atoms with E-state index in [0.29, 0.717) is 16.9 Å². The summed E-state index contributed by atoms with van der Waals surface area (Å²) in [5.74, 6) is -0.387. The van der Waals surface area contributed by atoms with E-state index in [1.165, 1.54) is 19.1 Å². The number of aliphatic hydroxyl groups is 2. The van der Waals surface area contributed by atoms with Crippen molar-refractivity contribution in [1.82, 2.24) is 4.57 Å². The smallest absolute Gasteiger partial charge is 0.302 e. The van der Waals surface area contributed by atoms with Crippen LogP contribution in [0.5, 0.6) is 0 Å². The number of fused-ring (bicyclic) bond motifs is 2. The van der Waals surface area contributed by atoms with Crippen molar-refractivity contribution < 1.29 is 24.7 Å². The highest BCUT2D eigenvalue weighted by atomic mass is 16.6. The fourth-order valence-corrected chi connectivity index (χ4v) is 3.60. The summed E-state index contributed by atoms with van der Waals surface area (Å²) in [6, 6.07) is 10.3. The summed E-state index contributed by atoms with van der Waals surface area (Å²) in [5.41, 5.74) is 2.88. The molecule has 0 fully saturated rings. The van der Waals surface area contributed by atoms with Gasteiger partial charge in [0.15, 0.2) is 12.5 Å². The number of ether oxygens (including phenoxy) is 1. The largest absolute Gasteiger partial charge is 0.461 e. The first kappa shape index (κ1) is 19.7. The molecule has 0 amide bonds. The standard InChI is InChI=1S/C20H20N4O6/c1-11(25)30-10-13-9-23(17-5-3-2-4-15(13)17)8-12-6-14(24(28)29)7-16-18(12)22-20(27)19(26)21-16/h2-7,9,19-22,26-27H,8,10H2,1H3. The third-order valence-corrected chi connectivity index (χ3v) is 4.95. The molecule has 0 bridgehead atoms. The number of carbonyl (C=O) groups excluding carboxylic acids is 1. The second kappa shape index (κ2) is 7.65. The fraction of sp³-hybridized carbons (Fsp3) is 0.250. The number of para-hydroxylation sites is 1. The average molecular weight is 412 g/mol. The summed E-state index contributed by atoms with van der Waals surface area (Å²) >= 11 is 0. The van der Waals surface area contributed by atoms with Gasteiger partial charge in [-0.05, 0) is 6.07 Å². The van der Waals surface area contributed by atoms with E-state index in [-0.39, 0.29) is 24.8 Å². The van der Waals surface area contributed by atoms with Crippen LogP contribution in [0.15, 0.2) is 42.6 Å². The van der Waals surface area contributed by atoms with Gasteiger partial charge in [-0.25, -0.2) is 0 Å². The Balaban J connectivity index is 1.78. The zero-order valence-corrected chi connectivity index (χ0v) is 16.0. The van der Waals surface area contributed by atoms with Crippen LogP contribution in [0.4, 0.5) is 17.1 Å². The van der Waals surface area contributed by atoms with Crippen LogP contribution in [-0.4, -0.2) is 38.1 Å². The Kier molecular flexibility index (Phi) is 5.02. The summed E-state index contributed by atoms with van der Waals surface area (Å²) in [5, 5.41) is 37.6. The van der Waals surface area contributed by atoms with Crippen molar-refractivity contribution in [2.45, 2.75) is 32.5 Å². The summed E-state index contributed by atoms with van der Waals surface area (Å²) in [4.78, 5) is 22.1. The number of aromatic nitrogens is 1. The number of aliphatic hydroxyl groups excluding tert-OH is 2. The van der Waals surface area contributed by atoms with Crippen molar-refractivity contribution >= 4 is 33.9 Å². The highest BCUT2D eigenvalue weighted by molar-refractivity contribution is 5.85. The van der Waals surface area contributed by atoms with Crippen LogP contribution in [-0.2, 0) is 22.7 Å². The molecule has 4 rings (SSSR count). The summed E-state index contributed by atoms with van der Waals surface area (Å²) < 4.78 is 7.04. The molecule has 2 aromatic carbocycles. The molecule has 0 saturated carbocycles. The predicted molar refractivity (Wildman–Crippen MR) is 109 cm³/mol. The molecule has 2 heterocycles. The molecule has 0 spiro atoms. The van der Waals surface area contributed by atoms with Gasteiger partial charge in [0.1, 0.15) is 6.61 Å². The summed E-state index contributed by atoms with van der Waals surface area (Å²) in [7, 11) is 0. The van der Waals surface area contributed by atoms with E-state index >= 15 is 0 Å². The second-order valence-electron chi connectivity index (χ2n) is 7.04. The van der Waals surface area contributed by atoms with Crippen molar-refractivity contribution in [2.24, 2.45) is 0 Å². The molecule has 2 atom stereocenters. The van der Waals surface area contributed by atoms with E-state index < -0.39 is 17.4 Å². The lowest BCUT2D eigenvalue weighted by atomic mass is 10.1. The van der Waals surface area contributed by atoms with Crippen LogP contribution < -0.4 is 10.6 Å². The normalized spacial score (nSPS) is 17.7. The fourth-order valence-electron chi connectivity index (χ4n) is 3.60. The lowest BCUT2D eigenvalue weighted by Gasteiger charge is -2.31. The molecule has 3 aromatic rings. The van der Waals surface area contributed by atoms with E-state index in [9.17, 15) is 25.1 Å². The van der Waals surface area contributed by atoms with Crippen LogP contribution in [0.1, 0.15) is 18.1 Å². The Morgan fingerprint density at radius 2 is 1.93 bits per heavy atom. The van der Waals surface area contributed by atoms with E-state index in [4.69, 9.17) is 4.74 Å². The van der Waals surface area contributed by atoms with Crippen molar-refractivity contribution in [3.8, 4) is 0 Å². The summed E-state index contributed by atoms with van der Waals surface area (Å²) in [6.45, 7) is 1.70. The van der Waals surface area contributed by atoms with Crippen molar-refractivity contribution in [3.05, 3.63) is 63.8 Å². The Labute approximate surface area is 170 Å². The molecule has 0 radical (unpaired) electrons. The number of nitro benzene ring substituents is 1. The lowest BCUT2D eigenvalue weighted by molar-refractivity contribution is -0.384. The number of hydrogen-bond acceptors (Lipinski definition) is 8. The SMILES string of the molecule is CC(=O)OCc1cn(Cc2cc([N+](=O)[O-])cc3c2NC(O)C(O)N3)c2ccccc12. The van der Waals surface area contributed by atoms with Gasteiger partial charge in [-0.15, -0.1) is 0 Å². The maximum absolute atomic E-state index is 11.4. The Morgan fingerprint density at radius 1 is 1.20 bits per heavy atom. The lowest BCUT2D eigenvalue weighted by Crippen LogP contribution is -2.43. The minimum Gasteiger partial charge on any atom is -0.461 e. The van der Waals surface area contributed by atoms with Crippen LogP contribution in [0, 0.1) is 10.1 Å². The number of hydrogen-bond donors (Lipinski definition) is 4. The molecule has 10 heteroatoms. The van der Waals surface area contributed by atoms with Crippen LogP contribution in [0.3, 0.4) is 0 Å². The van der Waals surface area contributed by atoms with Crippen LogP contribution >= 0.6 is 0 Å². The predicted octanol–water partition coefficient (Wildman–Crippen LogP) is 2.14. The molecule has 1 aliphatic rings.